The van der Waals surface area contributed by atoms with Crippen molar-refractivity contribution in [3.8, 4) is 0 Å². The largest absolute Gasteiger partial charge is 0.356 e. The summed E-state index contributed by atoms with van der Waals surface area (Å²) in [5, 5.41) is 13.6. The number of para-hydroxylation sites is 1. The van der Waals surface area contributed by atoms with Gasteiger partial charge in [0.2, 0.25) is 11.8 Å². The van der Waals surface area contributed by atoms with Gasteiger partial charge in [0.25, 0.3) is 5.69 Å². The molecule has 0 radical (unpaired) electrons. The first kappa shape index (κ1) is 18.6. The van der Waals surface area contributed by atoms with Crippen molar-refractivity contribution in [1.82, 2.24) is 10.2 Å². The summed E-state index contributed by atoms with van der Waals surface area (Å²) in [6, 6.07) is 6.32. The van der Waals surface area contributed by atoms with Gasteiger partial charge in [0.15, 0.2) is 0 Å². The maximum absolute atomic E-state index is 11.9. The van der Waals surface area contributed by atoms with E-state index in [0.29, 0.717) is 25.1 Å². The molecule has 0 bridgehead atoms. The van der Waals surface area contributed by atoms with E-state index in [1.165, 1.54) is 13.0 Å². The van der Waals surface area contributed by atoms with E-state index in [9.17, 15) is 19.7 Å². The van der Waals surface area contributed by atoms with Crippen LogP contribution in [-0.2, 0) is 16.0 Å². The second-order valence-corrected chi connectivity index (χ2v) is 5.57. The average molecular weight is 321 g/mol. The van der Waals surface area contributed by atoms with Gasteiger partial charge in [0.1, 0.15) is 0 Å². The molecule has 0 aliphatic heterocycles. The van der Waals surface area contributed by atoms with Crippen molar-refractivity contribution in [2.75, 3.05) is 13.1 Å². The van der Waals surface area contributed by atoms with E-state index in [1.54, 1.807) is 23.1 Å². The molecule has 0 saturated carbocycles. The van der Waals surface area contributed by atoms with Gasteiger partial charge < -0.3 is 10.2 Å². The van der Waals surface area contributed by atoms with Crippen LogP contribution in [0.3, 0.4) is 0 Å². The second kappa shape index (κ2) is 8.87. The Labute approximate surface area is 135 Å². The summed E-state index contributed by atoms with van der Waals surface area (Å²) in [5.74, 6) is -0.260. The zero-order valence-corrected chi connectivity index (χ0v) is 13.7. The van der Waals surface area contributed by atoms with Gasteiger partial charge >= 0.3 is 0 Å². The third-order valence-electron chi connectivity index (χ3n) is 3.47. The van der Waals surface area contributed by atoms with E-state index >= 15 is 0 Å². The summed E-state index contributed by atoms with van der Waals surface area (Å²) in [7, 11) is 0. The maximum Gasteiger partial charge on any atom is 0.273 e. The fraction of sp³-hybridized carbons (Fsp3) is 0.500. The maximum atomic E-state index is 11.9. The van der Waals surface area contributed by atoms with E-state index in [1.807, 2.05) is 13.8 Å². The van der Waals surface area contributed by atoms with Crippen LogP contribution in [0.25, 0.3) is 0 Å². The number of nitro benzene ring substituents is 1. The Hall–Kier alpha value is -2.44. The number of nitro groups is 1. The van der Waals surface area contributed by atoms with Gasteiger partial charge in [-0.25, -0.2) is 0 Å². The van der Waals surface area contributed by atoms with Crippen LogP contribution < -0.4 is 5.32 Å². The third-order valence-corrected chi connectivity index (χ3v) is 3.47. The summed E-state index contributed by atoms with van der Waals surface area (Å²) in [6.45, 7) is 6.39. The molecule has 126 valence electrons. The van der Waals surface area contributed by atoms with Gasteiger partial charge in [0, 0.05) is 37.7 Å². The Morgan fingerprint density at radius 2 is 1.96 bits per heavy atom. The summed E-state index contributed by atoms with van der Waals surface area (Å²) in [5.41, 5.74) is 0.341. The predicted molar refractivity (Wildman–Crippen MR) is 87.0 cm³/mol. The van der Waals surface area contributed by atoms with Crippen LogP contribution in [-0.4, -0.2) is 40.8 Å². The molecule has 0 aliphatic rings. The van der Waals surface area contributed by atoms with Crippen LogP contribution in [0.15, 0.2) is 24.3 Å². The Morgan fingerprint density at radius 3 is 2.52 bits per heavy atom. The number of carbonyl (C=O) groups is 2. The van der Waals surface area contributed by atoms with Gasteiger partial charge in [-0.3, -0.25) is 19.7 Å². The topological polar surface area (TPSA) is 92.6 Å². The molecule has 2 amide bonds. The highest BCUT2D eigenvalue weighted by Crippen LogP contribution is 2.17. The van der Waals surface area contributed by atoms with E-state index in [2.05, 4.69) is 5.32 Å². The van der Waals surface area contributed by atoms with Crippen LogP contribution in [0.4, 0.5) is 5.69 Å². The number of benzene rings is 1. The quantitative estimate of drug-likeness (QED) is 0.449. The smallest absolute Gasteiger partial charge is 0.273 e. The standard InChI is InChI=1S/C16H23N3O4/c1-12(2)18(13(3)20)10-6-9-17-16(21)11-14-7-4-5-8-15(14)19(22)23/h4-5,7-8,12H,6,9-11H2,1-3H3,(H,17,21). The highest BCUT2D eigenvalue weighted by atomic mass is 16.6. The van der Waals surface area contributed by atoms with Crippen molar-refractivity contribution in [3.63, 3.8) is 0 Å². The number of hydrogen-bond acceptors (Lipinski definition) is 4. The van der Waals surface area contributed by atoms with Crippen molar-refractivity contribution in [2.24, 2.45) is 0 Å². The summed E-state index contributed by atoms with van der Waals surface area (Å²) >= 11 is 0. The van der Waals surface area contributed by atoms with Crippen molar-refractivity contribution >= 4 is 17.5 Å². The molecule has 1 N–H and O–H groups in total. The molecule has 0 atom stereocenters. The zero-order chi connectivity index (χ0) is 17.4. The van der Waals surface area contributed by atoms with Crippen LogP contribution in [0, 0.1) is 10.1 Å². The highest BCUT2D eigenvalue weighted by Gasteiger charge is 2.15. The minimum atomic E-state index is -0.490. The number of rotatable bonds is 8. The van der Waals surface area contributed by atoms with Crippen molar-refractivity contribution < 1.29 is 14.5 Å². The molecule has 23 heavy (non-hydrogen) atoms. The molecule has 0 heterocycles. The number of amides is 2. The molecule has 0 unspecified atom stereocenters. The van der Waals surface area contributed by atoms with E-state index in [0.717, 1.165) is 0 Å². The van der Waals surface area contributed by atoms with Gasteiger partial charge in [-0.05, 0) is 20.3 Å². The summed E-state index contributed by atoms with van der Waals surface area (Å²) < 4.78 is 0. The lowest BCUT2D eigenvalue weighted by atomic mass is 10.1. The Kier molecular flexibility index (Phi) is 7.18. The Bertz CT molecular complexity index is 572. The van der Waals surface area contributed by atoms with Gasteiger partial charge in [0.05, 0.1) is 11.3 Å². The monoisotopic (exact) mass is 321 g/mol. The van der Waals surface area contributed by atoms with Gasteiger partial charge in [-0.2, -0.15) is 0 Å². The van der Waals surface area contributed by atoms with Crippen LogP contribution in [0.5, 0.6) is 0 Å². The lowest BCUT2D eigenvalue weighted by Gasteiger charge is -2.25. The molecule has 1 aromatic carbocycles. The van der Waals surface area contributed by atoms with E-state index < -0.39 is 4.92 Å². The normalized spacial score (nSPS) is 10.4. The molecular formula is C16H23N3O4. The minimum absolute atomic E-state index is 0.00577. The number of nitrogens with zero attached hydrogens (tertiary/aromatic N) is 2. The number of nitrogens with one attached hydrogen (secondary N) is 1. The lowest BCUT2D eigenvalue weighted by Crippen LogP contribution is -2.37. The molecular weight excluding hydrogens is 298 g/mol. The fourth-order valence-electron chi connectivity index (χ4n) is 2.33. The molecule has 0 aromatic heterocycles. The Balaban J connectivity index is 2.44. The SMILES string of the molecule is CC(=O)N(CCCNC(=O)Cc1ccccc1[N+](=O)[O-])C(C)C. The van der Waals surface area contributed by atoms with Crippen LogP contribution >= 0.6 is 0 Å². The van der Waals surface area contributed by atoms with Gasteiger partial charge in [-0.1, -0.05) is 18.2 Å². The lowest BCUT2D eigenvalue weighted by molar-refractivity contribution is -0.385. The van der Waals surface area contributed by atoms with Gasteiger partial charge in [-0.15, -0.1) is 0 Å². The molecule has 7 nitrogen and oxygen atoms in total. The first-order valence-corrected chi connectivity index (χ1v) is 7.59. The number of carbonyl (C=O) groups excluding carboxylic acids is 2. The predicted octanol–water partition coefficient (Wildman–Crippen LogP) is 1.90. The van der Waals surface area contributed by atoms with E-state index in [-0.39, 0.29) is 30.0 Å². The third kappa shape index (κ3) is 6.06. The molecule has 0 aliphatic carbocycles. The van der Waals surface area contributed by atoms with Crippen molar-refractivity contribution in [2.45, 2.75) is 39.7 Å². The molecule has 0 saturated heterocycles. The molecule has 7 heteroatoms. The Morgan fingerprint density at radius 1 is 1.30 bits per heavy atom. The first-order valence-electron chi connectivity index (χ1n) is 7.59. The molecule has 1 rings (SSSR count). The molecule has 0 fully saturated rings. The summed E-state index contributed by atoms with van der Waals surface area (Å²) in [4.78, 5) is 35.5. The second-order valence-electron chi connectivity index (χ2n) is 5.57. The minimum Gasteiger partial charge on any atom is -0.356 e. The van der Waals surface area contributed by atoms with Crippen LogP contribution in [0.2, 0.25) is 0 Å². The van der Waals surface area contributed by atoms with E-state index in [4.69, 9.17) is 0 Å². The van der Waals surface area contributed by atoms with Crippen LogP contribution in [0.1, 0.15) is 32.8 Å². The average Bonchev–Trinajstić information content (AvgIpc) is 2.46. The number of hydrogen-bond donors (Lipinski definition) is 1. The highest BCUT2D eigenvalue weighted by molar-refractivity contribution is 5.79. The zero-order valence-electron chi connectivity index (χ0n) is 13.7. The summed E-state index contributed by atoms with van der Waals surface area (Å²) in [6.07, 6.45) is 0.609. The van der Waals surface area contributed by atoms with Crippen molar-refractivity contribution in [3.05, 3.63) is 39.9 Å². The fourth-order valence-corrected chi connectivity index (χ4v) is 2.33. The molecule has 1 aromatic rings. The first-order chi connectivity index (χ1) is 10.8. The van der Waals surface area contributed by atoms with Crippen molar-refractivity contribution in [1.29, 1.82) is 0 Å². The molecule has 0 spiro atoms.